The summed E-state index contributed by atoms with van der Waals surface area (Å²) in [6.45, 7) is 3.79. The van der Waals surface area contributed by atoms with Crippen LogP contribution in [0.2, 0.25) is 0 Å². The minimum absolute atomic E-state index is 0.355. The molecule has 1 saturated heterocycles. The van der Waals surface area contributed by atoms with Crippen molar-refractivity contribution in [2.45, 2.75) is 38.1 Å². The first-order valence-electron chi connectivity index (χ1n) is 5.90. The van der Waals surface area contributed by atoms with E-state index in [-0.39, 0.29) is 0 Å². The van der Waals surface area contributed by atoms with Gasteiger partial charge in [0.2, 0.25) is 0 Å². The van der Waals surface area contributed by atoms with Crippen molar-refractivity contribution in [3.8, 4) is 0 Å². The zero-order valence-corrected chi connectivity index (χ0v) is 8.89. The maximum atomic E-state index is 8.94. The fourth-order valence-corrected chi connectivity index (χ4v) is 2.32. The first-order valence-corrected chi connectivity index (χ1v) is 5.90. The van der Waals surface area contributed by atoms with Crippen LogP contribution in [0.1, 0.15) is 32.1 Å². The molecule has 0 spiro atoms. The third-order valence-electron chi connectivity index (χ3n) is 3.70. The first kappa shape index (κ1) is 10.4. The van der Waals surface area contributed by atoms with Gasteiger partial charge in [-0.1, -0.05) is 0 Å². The van der Waals surface area contributed by atoms with Crippen molar-refractivity contribution < 1.29 is 5.11 Å². The molecule has 3 N–H and O–H groups in total. The molecule has 14 heavy (non-hydrogen) atoms. The quantitative estimate of drug-likeness (QED) is 0.602. The Morgan fingerprint density at radius 1 is 1.29 bits per heavy atom. The molecule has 0 atom stereocenters. The fourth-order valence-electron chi connectivity index (χ4n) is 2.32. The molecule has 2 rings (SSSR count). The highest BCUT2D eigenvalue weighted by atomic mass is 16.3. The predicted octanol–water partition coefficient (Wildman–Crippen LogP) is 0.491. The van der Waals surface area contributed by atoms with Crippen LogP contribution in [-0.2, 0) is 0 Å². The molecule has 82 valence electrons. The Bertz CT molecular complexity index is 174. The SMILES string of the molecule is OCCC1(CNC2CCNCC2)CC1. The molecule has 1 heterocycles. The maximum absolute atomic E-state index is 8.94. The molecule has 3 nitrogen and oxygen atoms in total. The number of nitrogens with one attached hydrogen (secondary N) is 2. The van der Waals surface area contributed by atoms with Crippen molar-refractivity contribution >= 4 is 0 Å². The van der Waals surface area contributed by atoms with Crippen LogP contribution in [-0.4, -0.2) is 37.4 Å². The Labute approximate surface area is 86.3 Å². The molecule has 0 unspecified atom stereocenters. The monoisotopic (exact) mass is 198 g/mol. The van der Waals surface area contributed by atoms with Crippen LogP contribution < -0.4 is 10.6 Å². The van der Waals surface area contributed by atoms with E-state index in [4.69, 9.17) is 5.11 Å². The highest BCUT2D eigenvalue weighted by Gasteiger charge is 2.41. The van der Waals surface area contributed by atoms with E-state index in [1.807, 2.05) is 0 Å². The second-order valence-electron chi connectivity index (χ2n) is 4.88. The Balaban J connectivity index is 1.65. The molecular formula is C11H22N2O. The molecule has 0 aromatic rings. The average Bonchev–Trinajstić information content (AvgIpc) is 2.98. The van der Waals surface area contributed by atoms with Gasteiger partial charge in [-0.05, 0) is 50.6 Å². The van der Waals surface area contributed by atoms with Crippen molar-refractivity contribution in [3.63, 3.8) is 0 Å². The van der Waals surface area contributed by atoms with E-state index in [2.05, 4.69) is 10.6 Å². The van der Waals surface area contributed by atoms with Crippen LogP contribution in [0, 0.1) is 5.41 Å². The highest BCUT2D eigenvalue weighted by Crippen LogP contribution is 2.48. The summed E-state index contributed by atoms with van der Waals surface area (Å²) in [5, 5.41) is 16.0. The van der Waals surface area contributed by atoms with Crippen molar-refractivity contribution in [3.05, 3.63) is 0 Å². The Kier molecular flexibility index (Phi) is 3.42. The van der Waals surface area contributed by atoms with Gasteiger partial charge in [0.25, 0.3) is 0 Å². The minimum Gasteiger partial charge on any atom is -0.396 e. The largest absolute Gasteiger partial charge is 0.396 e. The summed E-state index contributed by atoms with van der Waals surface area (Å²) in [5.74, 6) is 0. The van der Waals surface area contributed by atoms with Crippen LogP contribution in [0.25, 0.3) is 0 Å². The van der Waals surface area contributed by atoms with E-state index < -0.39 is 0 Å². The number of hydrogen-bond acceptors (Lipinski definition) is 3. The molecule has 0 bridgehead atoms. The van der Waals surface area contributed by atoms with Crippen LogP contribution >= 0.6 is 0 Å². The Hall–Kier alpha value is -0.120. The minimum atomic E-state index is 0.355. The molecule has 1 aliphatic carbocycles. The lowest BCUT2D eigenvalue weighted by Gasteiger charge is -2.26. The molecule has 0 aromatic heterocycles. The smallest absolute Gasteiger partial charge is 0.0436 e. The van der Waals surface area contributed by atoms with Gasteiger partial charge >= 0.3 is 0 Å². The summed E-state index contributed by atoms with van der Waals surface area (Å²) in [6, 6.07) is 0.715. The summed E-state index contributed by atoms with van der Waals surface area (Å²) in [4.78, 5) is 0. The van der Waals surface area contributed by atoms with Gasteiger partial charge in [-0.3, -0.25) is 0 Å². The number of rotatable bonds is 5. The lowest BCUT2D eigenvalue weighted by atomic mass is 10.0. The van der Waals surface area contributed by atoms with E-state index in [9.17, 15) is 0 Å². The second kappa shape index (κ2) is 4.60. The molecule has 3 heteroatoms. The van der Waals surface area contributed by atoms with E-state index in [0.717, 1.165) is 26.1 Å². The fraction of sp³-hybridized carbons (Fsp3) is 1.00. The normalized spacial score (nSPS) is 26.4. The molecule has 0 aromatic carbocycles. The molecule has 1 aliphatic heterocycles. The van der Waals surface area contributed by atoms with E-state index in [1.54, 1.807) is 0 Å². The number of hydrogen-bond donors (Lipinski definition) is 3. The van der Waals surface area contributed by atoms with Crippen LogP contribution in [0.15, 0.2) is 0 Å². The van der Waals surface area contributed by atoms with Crippen molar-refractivity contribution in [1.82, 2.24) is 10.6 Å². The van der Waals surface area contributed by atoms with Crippen LogP contribution in [0.4, 0.5) is 0 Å². The zero-order chi connectivity index (χ0) is 9.86. The molecule has 0 radical (unpaired) electrons. The molecule has 2 fully saturated rings. The molecule has 2 aliphatic rings. The highest BCUT2D eigenvalue weighted by molar-refractivity contribution is 4.95. The third-order valence-corrected chi connectivity index (χ3v) is 3.70. The first-order chi connectivity index (χ1) is 6.85. The Morgan fingerprint density at radius 3 is 2.57 bits per heavy atom. The van der Waals surface area contributed by atoms with Gasteiger partial charge in [-0.2, -0.15) is 0 Å². The van der Waals surface area contributed by atoms with Gasteiger partial charge in [0.1, 0.15) is 0 Å². The zero-order valence-electron chi connectivity index (χ0n) is 8.89. The van der Waals surface area contributed by atoms with Crippen molar-refractivity contribution in [2.75, 3.05) is 26.2 Å². The van der Waals surface area contributed by atoms with Crippen LogP contribution in [0.5, 0.6) is 0 Å². The molecular weight excluding hydrogens is 176 g/mol. The summed E-state index contributed by atoms with van der Waals surface area (Å²) >= 11 is 0. The summed E-state index contributed by atoms with van der Waals surface area (Å²) in [5.41, 5.74) is 0.472. The third kappa shape index (κ3) is 2.69. The standard InChI is InChI=1S/C11H22N2O/c14-8-5-11(3-4-11)9-13-10-1-6-12-7-2-10/h10,12-14H,1-9H2. The Morgan fingerprint density at radius 2 is 2.00 bits per heavy atom. The lowest BCUT2D eigenvalue weighted by Crippen LogP contribution is -2.42. The predicted molar refractivity (Wildman–Crippen MR) is 57.3 cm³/mol. The summed E-state index contributed by atoms with van der Waals surface area (Å²) in [7, 11) is 0. The summed E-state index contributed by atoms with van der Waals surface area (Å²) in [6.07, 6.45) is 6.13. The number of aliphatic hydroxyl groups is 1. The number of piperidine rings is 1. The van der Waals surface area contributed by atoms with Gasteiger partial charge in [-0.15, -0.1) is 0 Å². The van der Waals surface area contributed by atoms with E-state index in [0.29, 0.717) is 18.1 Å². The van der Waals surface area contributed by atoms with Gasteiger partial charge in [-0.25, -0.2) is 0 Å². The van der Waals surface area contributed by atoms with E-state index >= 15 is 0 Å². The second-order valence-corrected chi connectivity index (χ2v) is 4.88. The van der Waals surface area contributed by atoms with Gasteiger partial charge in [0, 0.05) is 19.2 Å². The molecule has 1 saturated carbocycles. The van der Waals surface area contributed by atoms with Crippen LogP contribution in [0.3, 0.4) is 0 Å². The summed E-state index contributed by atoms with van der Waals surface area (Å²) < 4.78 is 0. The average molecular weight is 198 g/mol. The maximum Gasteiger partial charge on any atom is 0.0436 e. The van der Waals surface area contributed by atoms with E-state index in [1.165, 1.54) is 25.7 Å². The van der Waals surface area contributed by atoms with Gasteiger partial charge in [0.15, 0.2) is 0 Å². The lowest BCUT2D eigenvalue weighted by molar-refractivity contribution is 0.238. The number of aliphatic hydroxyl groups excluding tert-OH is 1. The van der Waals surface area contributed by atoms with Gasteiger partial charge < -0.3 is 15.7 Å². The van der Waals surface area contributed by atoms with Gasteiger partial charge in [0.05, 0.1) is 0 Å². The van der Waals surface area contributed by atoms with Crippen molar-refractivity contribution in [2.24, 2.45) is 5.41 Å². The molecule has 0 amide bonds. The topological polar surface area (TPSA) is 44.3 Å². The van der Waals surface area contributed by atoms with Crippen molar-refractivity contribution in [1.29, 1.82) is 0 Å².